The molecule has 3 fully saturated rings. The molecular weight excluding hydrogens is 552 g/mol. The molecule has 1 spiro atoms. The van der Waals surface area contributed by atoms with Crippen LogP contribution in [-0.4, -0.2) is 91.9 Å². The Morgan fingerprint density at radius 3 is 2.70 bits per heavy atom. The van der Waals surface area contributed by atoms with Crippen LogP contribution in [0.1, 0.15) is 35.2 Å². The number of aryl methyl sites for hydroxylation is 1. The van der Waals surface area contributed by atoms with E-state index in [0.717, 1.165) is 49.3 Å². The van der Waals surface area contributed by atoms with E-state index in [2.05, 4.69) is 77.7 Å². The van der Waals surface area contributed by atoms with E-state index in [4.69, 9.17) is 14.5 Å². The largest absolute Gasteiger partial charge is 0.475 e. The van der Waals surface area contributed by atoms with Gasteiger partial charge in [0.05, 0.1) is 31.1 Å². The number of carbonyl (C=O) groups excluding carboxylic acids is 1. The average Bonchev–Trinajstić information content (AvgIpc) is 3.45. The summed E-state index contributed by atoms with van der Waals surface area (Å²) in [5.41, 5.74) is 5.50. The number of amides is 1. The molecule has 0 bridgehead atoms. The summed E-state index contributed by atoms with van der Waals surface area (Å²) >= 11 is 0. The maximum Gasteiger partial charge on any atom is 0.246 e. The SMILES string of the molecule is C=CC(=O)N1CCN(c2c(C#N)c(OC[C@@H]3CCCN3C)nc3c2CCN(c2cccc4cccc(C)c24)C3)CC12COC2. The Kier molecular flexibility index (Phi) is 7.43. The Balaban J connectivity index is 1.29. The molecule has 1 atom stereocenters. The second-order valence-electron chi connectivity index (χ2n) is 12.7. The number of carbonyl (C=O) groups is 1. The van der Waals surface area contributed by atoms with Crippen LogP contribution in [0.3, 0.4) is 0 Å². The topological polar surface area (TPSA) is 85.2 Å². The highest BCUT2D eigenvalue weighted by Gasteiger charge is 2.50. The van der Waals surface area contributed by atoms with E-state index in [1.807, 2.05) is 4.90 Å². The molecular formula is C35H40N6O3. The molecule has 9 nitrogen and oxygen atoms in total. The minimum Gasteiger partial charge on any atom is -0.475 e. The van der Waals surface area contributed by atoms with Crippen molar-refractivity contribution in [1.82, 2.24) is 14.8 Å². The molecule has 0 N–H and O–H groups in total. The van der Waals surface area contributed by atoms with Crippen molar-refractivity contribution in [2.24, 2.45) is 0 Å². The lowest BCUT2D eigenvalue weighted by Crippen LogP contribution is -2.72. The average molecular weight is 593 g/mol. The molecule has 2 aromatic carbocycles. The summed E-state index contributed by atoms with van der Waals surface area (Å²) in [7, 11) is 2.13. The van der Waals surface area contributed by atoms with Crippen molar-refractivity contribution < 1.29 is 14.3 Å². The highest BCUT2D eigenvalue weighted by Crippen LogP contribution is 2.42. The third-order valence-corrected chi connectivity index (χ3v) is 10.1. The van der Waals surface area contributed by atoms with Crippen LogP contribution in [0.4, 0.5) is 11.4 Å². The van der Waals surface area contributed by atoms with Crippen LogP contribution in [-0.2, 0) is 22.5 Å². The molecule has 4 aliphatic heterocycles. The summed E-state index contributed by atoms with van der Waals surface area (Å²) in [5, 5.41) is 13.1. The van der Waals surface area contributed by atoms with E-state index >= 15 is 0 Å². The Morgan fingerprint density at radius 2 is 2.00 bits per heavy atom. The molecule has 1 aromatic heterocycles. The van der Waals surface area contributed by atoms with Crippen LogP contribution in [0.15, 0.2) is 49.1 Å². The second kappa shape index (κ2) is 11.4. The maximum atomic E-state index is 12.8. The predicted octanol–water partition coefficient (Wildman–Crippen LogP) is 4.05. The fraction of sp³-hybridized carbons (Fsp3) is 0.457. The molecule has 4 aliphatic rings. The first-order valence-electron chi connectivity index (χ1n) is 15.7. The van der Waals surface area contributed by atoms with Crippen LogP contribution in [0, 0.1) is 18.3 Å². The number of pyridine rings is 1. The Bertz CT molecular complexity index is 1660. The van der Waals surface area contributed by atoms with Gasteiger partial charge in [-0.3, -0.25) is 4.79 Å². The third kappa shape index (κ3) is 4.77. The van der Waals surface area contributed by atoms with E-state index in [1.165, 1.54) is 28.1 Å². The summed E-state index contributed by atoms with van der Waals surface area (Å²) in [6, 6.07) is 15.7. The fourth-order valence-corrected chi connectivity index (χ4v) is 7.64. The molecule has 9 heteroatoms. The smallest absolute Gasteiger partial charge is 0.246 e. The van der Waals surface area contributed by atoms with Gasteiger partial charge < -0.3 is 29.1 Å². The van der Waals surface area contributed by atoms with Crippen LogP contribution >= 0.6 is 0 Å². The number of hydrogen-bond donors (Lipinski definition) is 0. The van der Waals surface area contributed by atoms with Gasteiger partial charge in [0.15, 0.2) is 0 Å². The first-order valence-corrected chi connectivity index (χ1v) is 15.7. The van der Waals surface area contributed by atoms with E-state index in [-0.39, 0.29) is 5.91 Å². The van der Waals surface area contributed by atoms with Gasteiger partial charge in [0.1, 0.15) is 23.8 Å². The molecule has 1 amide bonds. The van der Waals surface area contributed by atoms with E-state index in [9.17, 15) is 10.1 Å². The van der Waals surface area contributed by atoms with E-state index in [1.54, 1.807) is 0 Å². The number of hydrogen-bond acceptors (Lipinski definition) is 8. The third-order valence-electron chi connectivity index (χ3n) is 10.1. The van der Waals surface area contributed by atoms with Gasteiger partial charge in [-0.15, -0.1) is 0 Å². The van der Waals surface area contributed by atoms with E-state index in [0.29, 0.717) is 63.5 Å². The quantitative estimate of drug-likeness (QED) is 0.397. The van der Waals surface area contributed by atoms with E-state index < -0.39 is 5.54 Å². The number of ether oxygens (including phenoxy) is 2. The predicted molar refractivity (Wildman–Crippen MR) is 171 cm³/mol. The second-order valence-corrected chi connectivity index (χ2v) is 12.7. The van der Waals surface area contributed by atoms with Crippen molar-refractivity contribution in [2.75, 3.05) is 69.4 Å². The normalized spacial score (nSPS) is 21.2. The van der Waals surface area contributed by atoms with Gasteiger partial charge in [0, 0.05) is 48.9 Å². The molecule has 228 valence electrons. The van der Waals surface area contributed by atoms with Crippen molar-refractivity contribution in [3.8, 4) is 11.9 Å². The van der Waals surface area contributed by atoms with Crippen LogP contribution in [0.2, 0.25) is 0 Å². The zero-order chi connectivity index (χ0) is 30.4. The number of fused-ring (bicyclic) bond motifs is 2. The lowest BCUT2D eigenvalue weighted by molar-refractivity contribution is -0.164. The van der Waals surface area contributed by atoms with Gasteiger partial charge in [0.2, 0.25) is 11.8 Å². The highest BCUT2D eigenvalue weighted by molar-refractivity contribution is 5.97. The zero-order valence-electron chi connectivity index (χ0n) is 25.7. The zero-order valence-corrected chi connectivity index (χ0v) is 25.7. The summed E-state index contributed by atoms with van der Waals surface area (Å²) in [5.74, 6) is 0.344. The highest BCUT2D eigenvalue weighted by atomic mass is 16.5. The maximum absolute atomic E-state index is 12.8. The standard InChI is InChI=1S/C35H40N6O3/c1-4-31(42)41-17-16-40(21-35(41)22-43-23-35)33-27-13-15-39(30-12-6-10-25-9-5-8-24(2)32(25)30)19-29(27)37-34(28(33)18-36)44-20-26-11-7-14-38(26)3/h4-6,8-10,12,26H,1,7,11,13-17,19-23H2,2-3H3/t26-/m0/s1. The van der Waals surface area contributed by atoms with Gasteiger partial charge in [-0.05, 0) is 62.9 Å². The van der Waals surface area contributed by atoms with Crippen molar-refractivity contribution in [1.29, 1.82) is 5.26 Å². The molecule has 44 heavy (non-hydrogen) atoms. The molecule has 0 radical (unpaired) electrons. The first kappa shape index (κ1) is 28.6. The summed E-state index contributed by atoms with van der Waals surface area (Å²) in [6.07, 6.45) is 4.37. The minimum atomic E-state index is -0.429. The molecule has 0 aliphatic carbocycles. The number of benzene rings is 2. The fourth-order valence-electron chi connectivity index (χ4n) is 7.64. The lowest BCUT2D eigenvalue weighted by atomic mass is 9.89. The Labute approximate surface area is 259 Å². The van der Waals surface area contributed by atoms with Gasteiger partial charge in [-0.2, -0.15) is 5.26 Å². The lowest BCUT2D eigenvalue weighted by Gasteiger charge is -2.55. The number of likely N-dealkylation sites (tertiary alicyclic amines) is 1. The number of nitriles is 1. The van der Waals surface area contributed by atoms with Crippen LogP contribution < -0.4 is 14.5 Å². The van der Waals surface area contributed by atoms with Gasteiger partial charge in [0.25, 0.3) is 0 Å². The summed E-state index contributed by atoms with van der Waals surface area (Å²) in [6.45, 7) is 11.6. The molecule has 0 saturated carbocycles. The number of rotatable bonds is 6. The Hall–Kier alpha value is -4.13. The van der Waals surface area contributed by atoms with Crippen molar-refractivity contribution >= 4 is 28.1 Å². The minimum absolute atomic E-state index is 0.0732. The Morgan fingerprint density at radius 1 is 1.18 bits per heavy atom. The number of aromatic nitrogens is 1. The van der Waals surface area contributed by atoms with Crippen LogP contribution in [0.5, 0.6) is 5.88 Å². The number of piperazine rings is 1. The first-order chi connectivity index (χ1) is 21.4. The van der Waals surface area contributed by atoms with Crippen LogP contribution in [0.25, 0.3) is 10.8 Å². The summed E-state index contributed by atoms with van der Waals surface area (Å²) in [4.78, 5) is 26.8. The number of nitrogens with zero attached hydrogens (tertiary/aromatic N) is 6. The van der Waals surface area contributed by atoms with Gasteiger partial charge in [-0.25, -0.2) is 4.98 Å². The molecule has 0 unspecified atom stereocenters. The summed E-state index contributed by atoms with van der Waals surface area (Å²) < 4.78 is 12.1. The van der Waals surface area contributed by atoms with Crippen molar-refractivity contribution in [2.45, 2.75) is 44.3 Å². The molecule has 3 saturated heterocycles. The number of likely N-dealkylation sites (N-methyl/N-ethyl adjacent to an activating group) is 1. The monoisotopic (exact) mass is 592 g/mol. The molecule has 7 rings (SSSR count). The van der Waals surface area contributed by atoms with Crippen molar-refractivity contribution in [3.05, 3.63) is 71.4 Å². The molecule has 3 aromatic rings. The van der Waals surface area contributed by atoms with Crippen molar-refractivity contribution in [3.63, 3.8) is 0 Å². The number of anilines is 2. The van der Waals surface area contributed by atoms with Gasteiger partial charge >= 0.3 is 0 Å². The molecule has 5 heterocycles. The van der Waals surface area contributed by atoms with Gasteiger partial charge in [-0.1, -0.05) is 36.9 Å².